The maximum atomic E-state index is 12.3. The Morgan fingerprint density at radius 3 is 2.46 bits per heavy atom. The van der Waals surface area contributed by atoms with Crippen molar-refractivity contribution in [3.8, 4) is 11.5 Å². The van der Waals surface area contributed by atoms with E-state index in [0.717, 1.165) is 16.7 Å². The van der Waals surface area contributed by atoms with Crippen LogP contribution in [0.2, 0.25) is 0 Å². The van der Waals surface area contributed by atoms with E-state index in [2.05, 4.69) is 15.5 Å². The second-order valence-electron chi connectivity index (χ2n) is 5.88. The van der Waals surface area contributed by atoms with Gasteiger partial charge in [0.05, 0.1) is 6.54 Å². The highest BCUT2D eigenvalue weighted by atomic mass is 16.5. The number of carbonyl (C=O) groups excluding carboxylic acids is 1. The van der Waals surface area contributed by atoms with Gasteiger partial charge in [-0.1, -0.05) is 40.5 Å². The number of amides is 1. The number of nitrogens with one attached hydrogen (secondary N) is 1. The zero-order chi connectivity index (χ0) is 17.1. The molecule has 0 radical (unpaired) electrons. The Hall–Kier alpha value is -2.95. The van der Waals surface area contributed by atoms with Crippen molar-refractivity contribution in [1.29, 1.82) is 0 Å². The molecular weight excluding hydrogens is 302 g/mol. The third kappa shape index (κ3) is 3.51. The molecule has 1 heterocycles. The molecule has 0 aliphatic carbocycles. The molecule has 0 unspecified atom stereocenters. The monoisotopic (exact) mass is 321 g/mol. The Kier molecular flexibility index (Phi) is 4.42. The van der Waals surface area contributed by atoms with Gasteiger partial charge in [-0.3, -0.25) is 4.79 Å². The van der Waals surface area contributed by atoms with Gasteiger partial charge in [0, 0.05) is 11.1 Å². The number of rotatable bonds is 4. The van der Waals surface area contributed by atoms with Gasteiger partial charge in [0.1, 0.15) is 0 Å². The Morgan fingerprint density at radius 2 is 1.75 bits per heavy atom. The van der Waals surface area contributed by atoms with Gasteiger partial charge in [-0.15, -0.1) is 0 Å². The lowest BCUT2D eigenvalue weighted by molar-refractivity contribution is 0.0949. The predicted octanol–water partition coefficient (Wildman–Crippen LogP) is 3.59. The zero-order valence-electron chi connectivity index (χ0n) is 14.0. The van der Waals surface area contributed by atoms with E-state index in [-0.39, 0.29) is 12.5 Å². The van der Waals surface area contributed by atoms with Crippen LogP contribution in [0.3, 0.4) is 0 Å². The fourth-order valence-corrected chi connectivity index (χ4v) is 2.46. The van der Waals surface area contributed by atoms with Gasteiger partial charge in [0.15, 0.2) is 5.82 Å². The third-order valence-corrected chi connectivity index (χ3v) is 3.80. The molecule has 5 heteroatoms. The van der Waals surface area contributed by atoms with Crippen molar-refractivity contribution < 1.29 is 9.32 Å². The normalized spacial score (nSPS) is 10.6. The molecule has 0 aliphatic rings. The molecule has 0 fully saturated rings. The first-order valence-corrected chi connectivity index (χ1v) is 7.78. The molecule has 0 saturated carbocycles. The molecule has 24 heavy (non-hydrogen) atoms. The summed E-state index contributed by atoms with van der Waals surface area (Å²) < 4.78 is 5.26. The number of hydrogen-bond acceptors (Lipinski definition) is 4. The first kappa shape index (κ1) is 15.9. The minimum atomic E-state index is -0.144. The van der Waals surface area contributed by atoms with E-state index in [4.69, 9.17) is 4.52 Å². The van der Waals surface area contributed by atoms with Crippen LogP contribution in [-0.4, -0.2) is 16.0 Å². The molecule has 0 saturated heterocycles. The molecular formula is C19H19N3O2. The van der Waals surface area contributed by atoms with Crippen molar-refractivity contribution in [3.63, 3.8) is 0 Å². The first-order valence-electron chi connectivity index (χ1n) is 7.78. The molecule has 2 aromatic carbocycles. The Bertz CT molecular complexity index is 867. The molecule has 122 valence electrons. The highest BCUT2D eigenvalue weighted by Crippen LogP contribution is 2.17. The van der Waals surface area contributed by atoms with Gasteiger partial charge < -0.3 is 9.84 Å². The maximum Gasteiger partial charge on any atom is 0.257 e. The van der Waals surface area contributed by atoms with Gasteiger partial charge in [-0.05, 0) is 44.5 Å². The van der Waals surface area contributed by atoms with E-state index < -0.39 is 0 Å². The molecule has 3 aromatic rings. The minimum Gasteiger partial charge on any atom is -0.345 e. The third-order valence-electron chi connectivity index (χ3n) is 3.80. The van der Waals surface area contributed by atoms with Crippen LogP contribution in [0, 0.1) is 20.8 Å². The number of aromatic nitrogens is 2. The standard InChI is InChI=1S/C19H19N3O2/c1-12-4-7-15(8-5-12)19-21-17(22-24-19)11-20-18(23)16-9-6-13(2)10-14(16)3/h4-10H,11H2,1-3H3,(H,20,23). The SMILES string of the molecule is Cc1ccc(-c2nc(CNC(=O)c3ccc(C)cc3C)no2)cc1. The number of hydrogen-bond donors (Lipinski definition) is 1. The molecule has 5 nitrogen and oxygen atoms in total. The van der Waals surface area contributed by atoms with E-state index >= 15 is 0 Å². The van der Waals surface area contributed by atoms with Crippen LogP contribution in [-0.2, 0) is 6.54 Å². The van der Waals surface area contributed by atoms with Gasteiger partial charge in [0.25, 0.3) is 11.8 Å². The van der Waals surface area contributed by atoms with Crippen LogP contribution in [0.15, 0.2) is 47.0 Å². The number of nitrogens with zero attached hydrogens (tertiary/aromatic N) is 2. The van der Waals surface area contributed by atoms with Crippen molar-refractivity contribution in [2.45, 2.75) is 27.3 Å². The fraction of sp³-hybridized carbons (Fsp3) is 0.211. The summed E-state index contributed by atoms with van der Waals surface area (Å²) in [5.74, 6) is 0.753. The van der Waals surface area contributed by atoms with Gasteiger partial charge in [0.2, 0.25) is 0 Å². The van der Waals surface area contributed by atoms with Crippen molar-refractivity contribution in [2.75, 3.05) is 0 Å². The fourth-order valence-electron chi connectivity index (χ4n) is 2.46. The molecule has 1 N–H and O–H groups in total. The Labute approximate surface area is 140 Å². The lowest BCUT2D eigenvalue weighted by atomic mass is 10.1. The molecule has 3 rings (SSSR count). The largest absolute Gasteiger partial charge is 0.345 e. The van der Waals surface area contributed by atoms with Crippen LogP contribution in [0.1, 0.15) is 32.9 Å². The Morgan fingerprint density at radius 1 is 1.04 bits per heavy atom. The Balaban J connectivity index is 1.67. The lowest BCUT2D eigenvalue weighted by Crippen LogP contribution is -2.24. The van der Waals surface area contributed by atoms with Crippen molar-refractivity contribution in [3.05, 3.63) is 70.5 Å². The van der Waals surface area contributed by atoms with Crippen molar-refractivity contribution >= 4 is 5.91 Å². The molecule has 1 aromatic heterocycles. The number of benzene rings is 2. The summed E-state index contributed by atoms with van der Waals surface area (Å²) >= 11 is 0. The van der Waals surface area contributed by atoms with Crippen molar-refractivity contribution in [1.82, 2.24) is 15.5 Å². The van der Waals surface area contributed by atoms with E-state index in [1.54, 1.807) is 0 Å². The first-order chi connectivity index (χ1) is 11.5. The van der Waals surface area contributed by atoms with Crippen LogP contribution in [0.25, 0.3) is 11.5 Å². The topological polar surface area (TPSA) is 68.0 Å². The summed E-state index contributed by atoms with van der Waals surface area (Å²) in [6, 6.07) is 13.6. The summed E-state index contributed by atoms with van der Waals surface area (Å²) in [6.45, 7) is 6.17. The quantitative estimate of drug-likeness (QED) is 0.797. The minimum absolute atomic E-state index is 0.144. The predicted molar refractivity (Wildman–Crippen MR) is 91.6 cm³/mol. The zero-order valence-corrected chi connectivity index (χ0v) is 14.0. The highest BCUT2D eigenvalue weighted by molar-refractivity contribution is 5.95. The molecule has 0 atom stereocenters. The van der Waals surface area contributed by atoms with Crippen LogP contribution >= 0.6 is 0 Å². The highest BCUT2D eigenvalue weighted by Gasteiger charge is 2.12. The van der Waals surface area contributed by atoms with Crippen LogP contribution in [0.5, 0.6) is 0 Å². The summed E-state index contributed by atoms with van der Waals surface area (Å²) in [6.07, 6.45) is 0. The molecule has 0 aliphatic heterocycles. The lowest BCUT2D eigenvalue weighted by Gasteiger charge is -2.06. The average Bonchev–Trinajstić information content (AvgIpc) is 3.02. The second-order valence-corrected chi connectivity index (χ2v) is 5.88. The number of carbonyl (C=O) groups is 1. The second kappa shape index (κ2) is 6.66. The van der Waals surface area contributed by atoms with E-state index in [1.807, 2.05) is 63.2 Å². The average molecular weight is 321 g/mol. The summed E-state index contributed by atoms with van der Waals surface area (Å²) in [4.78, 5) is 16.6. The van der Waals surface area contributed by atoms with Gasteiger partial charge in [-0.2, -0.15) is 4.98 Å². The van der Waals surface area contributed by atoms with E-state index in [0.29, 0.717) is 17.3 Å². The molecule has 0 spiro atoms. The molecule has 1 amide bonds. The van der Waals surface area contributed by atoms with Crippen molar-refractivity contribution in [2.24, 2.45) is 0 Å². The van der Waals surface area contributed by atoms with Crippen LogP contribution in [0.4, 0.5) is 0 Å². The van der Waals surface area contributed by atoms with Crippen LogP contribution < -0.4 is 5.32 Å². The number of aryl methyl sites for hydroxylation is 3. The summed E-state index contributed by atoms with van der Waals surface area (Å²) in [7, 11) is 0. The summed E-state index contributed by atoms with van der Waals surface area (Å²) in [5.41, 5.74) is 4.76. The van der Waals surface area contributed by atoms with Gasteiger partial charge >= 0.3 is 0 Å². The van der Waals surface area contributed by atoms with E-state index in [9.17, 15) is 4.79 Å². The smallest absolute Gasteiger partial charge is 0.257 e. The molecule has 0 bridgehead atoms. The maximum absolute atomic E-state index is 12.3. The van der Waals surface area contributed by atoms with E-state index in [1.165, 1.54) is 5.56 Å². The summed E-state index contributed by atoms with van der Waals surface area (Å²) in [5, 5.41) is 6.74. The van der Waals surface area contributed by atoms with Gasteiger partial charge in [-0.25, -0.2) is 0 Å².